The molecule has 0 aliphatic rings. The standard InChI is InChI=1S/4C18H13P.Pd/c4*19-17-11-5-10-16-14-7-2-1-6-12(14)13-8-3-4-9-15(13)18(16)17;/h4*1-11H,19H2;. The average Bonchev–Trinajstić information content (AvgIpc) is 3.48. The molecule has 0 saturated carbocycles. The van der Waals surface area contributed by atoms with Crippen LogP contribution >= 0.6 is 37.0 Å². The second kappa shape index (κ2) is 21.8. The van der Waals surface area contributed by atoms with E-state index in [1.165, 1.54) is 150 Å². The summed E-state index contributed by atoms with van der Waals surface area (Å²) < 4.78 is 0. The van der Waals surface area contributed by atoms with E-state index >= 15 is 0 Å². The molecule has 4 unspecified atom stereocenters. The second-order valence-corrected chi connectivity index (χ2v) is 21.9. The molecule has 0 nitrogen and oxygen atoms in total. The zero-order valence-electron chi connectivity index (χ0n) is 42.0. The summed E-state index contributed by atoms with van der Waals surface area (Å²) in [5, 5.41) is 37.1. The third kappa shape index (κ3) is 9.06. The molecule has 370 valence electrons. The molecule has 0 radical (unpaired) electrons. The molecular formula is C72H52P4Pd. The van der Waals surface area contributed by atoms with Gasteiger partial charge in [-0.15, -0.1) is 37.0 Å². The molecule has 0 aromatic heterocycles. The minimum absolute atomic E-state index is 0. The van der Waals surface area contributed by atoms with Gasteiger partial charge in [0.2, 0.25) is 0 Å². The first-order valence-electron chi connectivity index (χ1n) is 25.7. The van der Waals surface area contributed by atoms with Crippen molar-refractivity contribution in [3.63, 3.8) is 0 Å². The fraction of sp³-hybridized carbons (Fsp3) is 0. The summed E-state index contributed by atoms with van der Waals surface area (Å²) in [4.78, 5) is 0. The maximum absolute atomic E-state index is 2.87. The van der Waals surface area contributed by atoms with Gasteiger partial charge in [0, 0.05) is 20.4 Å². The molecule has 0 saturated heterocycles. The molecule has 77 heavy (non-hydrogen) atoms. The van der Waals surface area contributed by atoms with Gasteiger partial charge < -0.3 is 0 Å². The number of hydrogen-bond donors (Lipinski definition) is 0. The summed E-state index contributed by atoms with van der Waals surface area (Å²) in [5.41, 5.74) is 0. The van der Waals surface area contributed by atoms with Crippen LogP contribution in [0.4, 0.5) is 0 Å². The van der Waals surface area contributed by atoms with Crippen LogP contribution in [0.5, 0.6) is 0 Å². The Kier molecular flexibility index (Phi) is 14.4. The minimum atomic E-state index is 0. The molecule has 0 heterocycles. The van der Waals surface area contributed by atoms with E-state index in [0.29, 0.717) is 0 Å². The van der Waals surface area contributed by atoms with Crippen LogP contribution < -0.4 is 21.2 Å². The van der Waals surface area contributed by atoms with E-state index in [9.17, 15) is 0 Å². The monoisotopic (exact) mass is 1150 g/mol. The summed E-state index contributed by atoms with van der Waals surface area (Å²) in [6, 6.07) is 95.4. The van der Waals surface area contributed by atoms with E-state index in [1.54, 1.807) is 0 Å². The first-order valence-corrected chi connectivity index (χ1v) is 28.1. The topological polar surface area (TPSA) is 0 Å². The maximum Gasteiger partial charge on any atom is 0 e. The van der Waals surface area contributed by atoms with E-state index in [-0.39, 0.29) is 20.4 Å². The van der Waals surface area contributed by atoms with Crippen molar-refractivity contribution < 1.29 is 20.4 Å². The number of benzene rings is 16. The predicted molar refractivity (Wildman–Crippen MR) is 353 cm³/mol. The Morgan fingerprint density at radius 2 is 0.234 bits per heavy atom. The van der Waals surface area contributed by atoms with Crippen LogP contribution in [0.3, 0.4) is 0 Å². The molecule has 0 N–H and O–H groups in total. The Hall–Kier alpha value is -6.98. The number of hydrogen-bond acceptors (Lipinski definition) is 0. The van der Waals surface area contributed by atoms with Crippen molar-refractivity contribution in [1.82, 2.24) is 0 Å². The van der Waals surface area contributed by atoms with Gasteiger partial charge in [0.1, 0.15) is 0 Å². The SMILES string of the molecule is Pc1cccc2c3ccccc3c3ccccc3c12.Pc1cccc2c3ccccc3c3ccccc3c12.Pc1cccc2c3ccccc3c3ccccc3c12.Pc1cccc2c3ccccc3c3ccccc3c12.[Pd]. The molecule has 0 spiro atoms. The molecule has 0 fully saturated rings. The predicted octanol–water partition coefficient (Wildman–Crippen LogP) is 18.6. The van der Waals surface area contributed by atoms with Gasteiger partial charge >= 0.3 is 0 Å². The zero-order chi connectivity index (χ0) is 51.3. The summed E-state index contributed by atoms with van der Waals surface area (Å²) in [5.74, 6) is 0. The van der Waals surface area contributed by atoms with Gasteiger partial charge in [0.15, 0.2) is 0 Å². The van der Waals surface area contributed by atoms with Crippen molar-refractivity contribution >= 4 is 187 Å². The van der Waals surface area contributed by atoms with Crippen LogP contribution in [-0.4, -0.2) is 0 Å². The van der Waals surface area contributed by atoms with E-state index in [1.807, 2.05) is 0 Å². The molecule has 5 heteroatoms. The van der Waals surface area contributed by atoms with Crippen LogP contribution in [-0.2, 0) is 20.4 Å². The van der Waals surface area contributed by atoms with E-state index in [4.69, 9.17) is 0 Å². The van der Waals surface area contributed by atoms with Gasteiger partial charge in [-0.1, -0.05) is 267 Å². The van der Waals surface area contributed by atoms with Crippen molar-refractivity contribution in [1.29, 1.82) is 0 Å². The Morgan fingerprint density at radius 3 is 0.377 bits per heavy atom. The molecule has 0 amide bonds. The van der Waals surface area contributed by atoms with Crippen molar-refractivity contribution in [3.05, 3.63) is 267 Å². The first kappa shape index (κ1) is 50.8. The number of rotatable bonds is 0. The van der Waals surface area contributed by atoms with Crippen LogP contribution in [0.15, 0.2) is 267 Å². The molecule has 0 aliphatic carbocycles. The van der Waals surface area contributed by atoms with Crippen molar-refractivity contribution in [2.24, 2.45) is 0 Å². The first-order chi connectivity index (χ1) is 37.4. The third-order valence-corrected chi connectivity index (χ3v) is 17.1. The normalized spacial score (nSPS) is 11.3. The third-order valence-electron chi connectivity index (χ3n) is 15.2. The fourth-order valence-corrected chi connectivity index (χ4v) is 13.6. The molecule has 16 aromatic rings. The Balaban J connectivity index is 0.000000103. The molecule has 0 aliphatic heterocycles. The van der Waals surface area contributed by atoms with E-state index in [2.05, 4.69) is 304 Å². The molecule has 4 atom stereocenters. The summed E-state index contributed by atoms with van der Waals surface area (Å²) >= 11 is 0. The van der Waals surface area contributed by atoms with Gasteiger partial charge in [-0.2, -0.15) is 0 Å². The van der Waals surface area contributed by atoms with Crippen LogP contribution in [0.1, 0.15) is 0 Å². The van der Waals surface area contributed by atoms with Crippen molar-refractivity contribution in [2.45, 2.75) is 0 Å². The largest absolute Gasteiger partial charge is 0.105 e. The Labute approximate surface area is 471 Å². The minimum Gasteiger partial charge on any atom is -0.105 e. The quantitative estimate of drug-likeness (QED) is 0.0806. The fourth-order valence-electron chi connectivity index (χ4n) is 11.9. The van der Waals surface area contributed by atoms with Gasteiger partial charge in [0.05, 0.1) is 0 Å². The van der Waals surface area contributed by atoms with Crippen molar-refractivity contribution in [3.8, 4) is 0 Å². The Morgan fingerprint density at radius 1 is 0.130 bits per heavy atom. The molecule has 0 bridgehead atoms. The zero-order valence-corrected chi connectivity index (χ0v) is 48.2. The second-order valence-electron chi connectivity index (χ2n) is 19.4. The maximum atomic E-state index is 2.87. The van der Waals surface area contributed by atoms with Gasteiger partial charge in [-0.3, -0.25) is 0 Å². The van der Waals surface area contributed by atoms with Gasteiger partial charge in [-0.05, 0) is 150 Å². The Bertz CT molecular complexity index is 4140. The van der Waals surface area contributed by atoms with Crippen molar-refractivity contribution in [2.75, 3.05) is 0 Å². The molecule has 16 aromatic carbocycles. The smallest absolute Gasteiger partial charge is 0 e. The van der Waals surface area contributed by atoms with Gasteiger partial charge in [0.25, 0.3) is 0 Å². The van der Waals surface area contributed by atoms with Crippen LogP contribution in [0, 0.1) is 0 Å². The van der Waals surface area contributed by atoms with Crippen LogP contribution in [0.25, 0.3) is 129 Å². The van der Waals surface area contributed by atoms with E-state index < -0.39 is 0 Å². The van der Waals surface area contributed by atoms with E-state index in [0.717, 1.165) is 0 Å². The summed E-state index contributed by atoms with van der Waals surface area (Å²) in [7, 11) is 11.5. The number of fused-ring (bicyclic) bond motifs is 24. The average molecular weight is 1150 g/mol. The summed E-state index contributed by atoms with van der Waals surface area (Å²) in [6.45, 7) is 0. The molecule has 16 rings (SSSR count). The van der Waals surface area contributed by atoms with Crippen LogP contribution in [0.2, 0.25) is 0 Å². The molecular weight excluding hydrogens is 1100 g/mol. The summed E-state index contributed by atoms with van der Waals surface area (Å²) in [6.07, 6.45) is 0. The van der Waals surface area contributed by atoms with Gasteiger partial charge in [-0.25, -0.2) is 0 Å².